The first-order valence-electron chi connectivity index (χ1n) is 5.95. The van der Waals surface area contributed by atoms with Gasteiger partial charge in [-0.15, -0.1) is 0 Å². The topological polar surface area (TPSA) is 67.6 Å². The minimum atomic E-state index is -0.0339. The van der Waals surface area contributed by atoms with Crippen molar-refractivity contribution in [2.24, 2.45) is 11.7 Å². The van der Waals surface area contributed by atoms with Gasteiger partial charge in [-0.2, -0.15) is 0 Å². The molecule has 3 N–H and O–H groups in total. The number of nitrogens with zero attached hydrogens (tertiary/aromatic N) is 1. The predicted molar refractivity (Wildman–Crippen MR) is 70.8 cm³/mol. The molecule has 1 aliphatic rings. The number of amides is 1. The molecule has 1 heterocycles. The third-order valence-electron chi connectivity index (χ3n) is 2.83. The van der Waals surface area contributed by atoms with Gasteiger partial charge < -0.3 is 15.8 Å². The van der Waals surface area contributed by atoms with Gasteiger partial charge in [0.25, 0.3) is 0 Å². The highest BCUT2D eigenvalue weighted by atomic mass is 32.1. The molecule has 0 aliphatic carbocycles. The summed E-state index contributed by atoms with van der Waals surface area (Å²) in [6.07, 6.45) is 0.373. The average Bonchev–Trinajstić information content (AvgIpc) is 2.30. The maximum Gasteiger partial charge on any atom is 0.220 e. The lowest BCUT2D eigenvalue weighted by molar-refractivity contribution is -0.121. The Morgan fingerprint density at radius 1 is 1.53 bits per heavy atom. The van der Waals surface area contributed by atoms with Crippen molar-refractivity contribution in [3.8, 4) is 0 Å². The maximum atomic E-state index is 11.5. The van der Waals surface area contributed by atoms with Crippen molar-refractivity contribution in [2.75, 3.05) is 39.4 Å². The molecule has 0 bridgehead atoms. The molecule has 98 valence electrons. The van der Waals surface area contributed by atoms with Crippen LogP contribution in [0.2, 0.25) is 0 Å². The highest BCUT2D eigenvalue weighted by Crippen LogP contribution is 2.01. The molecular weight excluding hydrogens is 238 g/mol. The molecule has 1 rings (SSSR count). The Bertz CT molecular complexity index is 267. The number of nitrogens with two attached hydrogens (primary N) is 1. The molecule has 1 saturated heterocycles. The van der Waals surface area contributed by atoms with E-state index in [-0.39, 0.29) is 11.8 Å². The molecule has 0 aromatic rings. The van der Waals surface area contributed by atoms with Crippen LogP contribution in [0.15, 0.2) is 0 Å². The zero-order chi connectivity index (χ0) is 12.7. The molecule has 1 aliphatic heterocycles. The first kappa shape index (κ1) is 14.3. The molecule has 1 atom stereocenters. The number of rotatable bonds is 6. The lowest BCUT2D eigenvalue weighted by atomic mass is 10.1. The van der Waals surface area contributed by atoms with E-state index in [1.807, 2.05) is 6.92 Å². The summed E-state index contributed by atoms with van der Waals surface area (Å²) in [6.45, 7) is 6.86. The van der Waals surface area contributed by atoms with Gasteiger partial charge in [-0.1, -0.05) is 19.1 Å². The first-order valence-corrected chi connectivity index (χ1v) is 6.36. The van der Waals surface area contributed by atoms with Crippen molar-refractivity contribution in [2.45, 2.75) is 13.3 Å². The highest BCUT2D eigenvalue weighted by Gasteiger charge is 2.12. The van der Waals surface area contributed by atoms with Crippen LogP contribution in [0.25, 0.3) is 0 Å². The molecular formula is C11H21N3O2S. The molecule has 1 fully saturated rings. The van der Waals surface area contributed by atoms with E-state index in [0.717, 1.165) is 32.8 Å². The second-order valence-electron chi connectivity index (χ2n) is 4.31. The third-order valence-corrected chi connectivity index (χ3v) is 3.23. The van der Waals surface area contributed by atoms with Crippen LogP contribution in [-0.4, -0.2) is 55.2 Å². The van der Waals surface area contributed by atoms with Gasteiger partial charge in [-0.25, -0.2) is 0 Å². The summed E-state index contributed by atoms with van der Waals surface area (Å²) in [5, 5.41) is 2.88. The van der Waals surface area contributed by atoms with Gasteiger partial charge in [0, 0.05) is 38.5 Å². The fourth-order valence-corrected chi connectivity index (χ4v) is 1.71. The van der Waals surface area contributed by atoms with Crippen molar-refractivity contribution in [1.29, 1.82) is 0 Å². The Hall–Kier alpha value is -0.720. The summed E-state index contributed by atoms with van der Waals surface area (Å²) in [5.74, 6) is -0.0213. The number of morpholine rings is 1. The van der Waals surface area contributed by atoms with E-state index in [1.165, 1.54) is 0 Å². The zero-order valence-electron chi connectivity index (χ0n) is 10.3. The van der Waals surface area contributed by atoms with Gasteiger partial charge >= 0.3 is 0 Å². The Morgan fingerprint density at radius 3 is 2.76 bits per heavy atom. The van der Waals surface area contributed by atoms with Crippen LogP contribution in [0.1, 0.15) is 13.3 Å². The molecule has 6 heteroatoms. The molecule has 0 aromatic carbocycles. The van der Waals surface area contributed by atoms with Gasteiger partial charge in [0.2, 0.25) is 5.91 Å². The predicted octanol–water partition coefficient (Wildman–Crippen LogP) is -0.253. The second-order valence-corrected chi connectivity index (χ2v) is 4.78. The molecule has 17 heavy (non-hydrogen) atoms. The molecule has 1 amide bonds. The van der Waals surface area contributed by atoms with Crippen LogP contribution < -0.4 is 11.1 Å². The molecule has 0 spiro atoms. The lowest BCUT2D eigenvalue weighted by Crippen LogP contribution is -2.41. The van der Waals surface area contributed by atoms with Crippen LogP contribution >= 0.6 is 12.2 Å². The van der Waals surface area contributed by atoms with E-state index in [9.17, 15) is 4.79 Å². The number of hydrogen-bond acceptors (Lipinski definition) is 4. The molecule has 0 saturated carbocycles. The summed E-state index contributed by atoms with van der Waals surface area (Å²) in [5.41, 5.74) is 5.46. The second kappa shape index (κ2) is 7.58. The Morgan fingerprint density at radius 2 is 2.18 bits per heavy atom. The van der Waals surface area contributed by atoms with E-state index in [2.05, 4.69) is 10.2 Å². The van der Waals surface area contributed by atoms with Gasteiger partial charge in [0.05, 0.1) is 18.2 Å². The van der Waals surface area contributed by atoms with Crippen molar-refractivity contribution in [1.82, 2.24) is 10.2 Å². The van der Waals surface area contributed by atoms with Crippen LogP contribution in [0.4, 0.5) is 0 Å². The largest absolute Gasteiger partial charge is 0.393 e. The molecule has 0 radical (unpaired) electrons. The maximum absolute atomic E-state index is 11.5. The smallest absolute Gasteiger partial charge is 0.220 e. The molecule has 5 nitrogen and oxygen atoms in total. The van der Waals surface area contributed by atoms with E-state index >= 15 is 0 Å². The standard InChI is InChI=1S/C11H21N3O2S/c1-9(11(12)17)8-10(15)13-2-3-14-4-6-16-7-5-14/h9H,2-8H2,1H3,(H2,12,17)(H,13,15). The van der Waals surface area contributed by atoms with Crippen LogP contribution in [-0.2, 0) is 9.53 Å². The van der Waals surface area contributed by atoms with Crippen molar-refractivity contribution in [3.63, 3.8) is 0 Å². The van der Waals surface area contributed by atoms with Gasteiger partial charge in [-0.3, -0.25) is 9.69 Å². The quantitative estimate of drug-likeness (QED) is 0.644. The number of ether oxygens (including phenoxy) is 1. The minimum absolute atomic E-state index is 0.0126. The summed E-state index contributed by atoms with van der Waals surface area (Å²) in [6, 6.07) is 0. The Balaban J connectivity index is 2.09. The molecule has 1 unspecified atom stereocenters. The van der Waals surface area contributed by atoms with Crippen molar-refractivity contribution in [3.05, 3.63) is 0 Å². The first-order chi connectivity index (χ1) is 8.09. The summed E-state index contributed by atoms with van der Waals surface area (Å²) in [4.78, 5) is 14.2. The number of nitrogens with one attached hydrogen (secondary N) is 1. The van der Waals surface area contributed by atoms with Gasteiger partial charge in [0.1, 0.15) is 0 Å². The number of carbonyl (C=O) groups excluding carboxylic acids is 1. The van der Waals surface area contributed by atoms with Crippen LogP contribution in [0, 0.1) is 5.92 Å². The minimum Gasteiger partial charge on any atom is -0.393 e. The summed E-state index contributed by atoms with van der Waals surface area (Å²) in [7, 11) is 0. The van der Waals surface area contributed by atoms with Gasteiger partial charge in [0.15, 0.2) is 0 Å². The average molecular weight is 259 g/mol. The summed E-state index contributed by atoms with van der Waals surface area (Å²) >= 11 is 4.83. The lowest BCUT2D eigenvalue weighted by Gasteiger charge is -2.26. The number of thiocarbonyl (C=S) groups is 1. The number of hydrogen-bond donors (Lipinski definition) is 2. The third kappa shape index (κ3) is 5.95. The fourth-order valence-electron chi connectivity index (χ4n) is 1.63. The van der Waals surface area contributed by atoms with E-state index in [1.54, 1.807) is 0 Å². The van der Waals surface area contributed by atoms with Crippen molar-refractivity contribution >= 4 is 23.1 Å². The monoisotopic (exact) mass is 259 g/mol. The Kier molecular flexibility index (Phi) is 6.39. The SMILES string of the molecule is CC(CC(=O)NCCN1CCOCC1)C(N)=S. The Labute approximate surface area is 108 Å². The van der Waals surface area contributed by atoms with Crippen LogP contribution in [0.5, 0.6) is 0 Å². The zero-order valence-corrected chi connectivity index (χ0v) is 11.1. The number of carbonyl (C=O) groups is 1. The van der Waals surface area contributed by atoms with Gasteiger partial charge in [-0.05, 0) is 0 Å². The highest BCUT2D eigenvalue weighted by molar-refractivity contribution is 7.80. The fraction of sp³-hybridized carbons (Fsp3) is 0.818. The molecule has 0 aromatic heterocycles. The van der Waals surface area contributed by atoms with E-state index < -0.39 is 0 Å². The van der Waals surface area contributed by atoms with Crippen molar-refractivity contribution < 1.29 is 9.53 Å². The summed E-state index contributed by atoms with van der Waals surface area (Å²) < 4.78 is 5.25. The normalized spacial score (nSPS) is 18.6. The van der Waals surface area contributed by atoms with E-state index in [4.69, 9.17) is 22.7 Å². The van der Waals surface area contributed by atoms with E-state index in [0.29, 0.717) is 18.0 Å². The van der Waals surface area contributed by atoms with Crippen LogP contribution in [0.3, 0.4) is 0 Å².